The number of hydrazone groups is 2. The molecule has 0 rings (SSSR count). The molecule has 7 N–H and O–H groups in total. The van der Waals surface area contributed by atoms with Crippen molar-refractivity contribution in [1.29, 1.82) is 0 Å². The first-order valence-electron chi connectivity index (χ1n) is 4.30. The minimum Gasteiger partial charge on any atom is -0.393 e. The quantitative estimate of drug-likeness (QED) is 0.239. The van der Waals surface area contributed by atoms with Gasteiger partial charge in [0.15, 0.2) is 10.2 Å². The average Bonchev–Trinajstić information content (AvgIpc) is 2.12. The zero-order valence-electron chi connectivity index (χ0n) is 8.67. The second kappa shape index (κ2) is 7.91. The summed E-state index contributed by atoms with van der Waals surface area (Å²) in [6.45, 7) is 1.62. The number of aliphatic hydroxyl groups is 1. The number of hydrogen-bond acceptors (Lipinski definition) is 5. The number of nitrogens with one attached hydrogen (secondary N) is 2. The first-order chi connectivity index (χ1) is 7.41. The van der Waals surface area contributed by atoms with E-state index in [4.69, 9.17) is 11.5 Å². The summed E-state index contributed by atoms with van der Waals surface area (Å²) in [6.07, 6.45) is 1.08. The molecule has 0 aliphatic rings. The van der Waals surface area contributed by atoms with E-state index in [-0.39, 0.29) is 16.6 Å². The van der Waals surface area contributed by atoms with Gasteiger partial charge in [-0.3, -0.25) is 10.9 Å². The largest absolute Gasteiger partial charge is 0.393 e. The van der Waals surface area contributed by atoms with Crippen LogP contribution >= 0.6 is 24.4 Å². The van der Waals surface area contributed by atoms with Gasteiger partial charge < -0.3 is 16.6 Å². The highest BCUT2D eigenvalue weighted by Crippen LogP contribution is 1.91. The van der Waals surface area contributed by atoms with Crippen molar-refractivity contribution >= 4 is 46.6 Å². The van der Waals surface area contributed by atoms with Crippen LogP contribution in [0, 0.1) is 0 Å². The van der Waals surface area contributed by atoms with Crippen molar-refractivity contribution in [2.45, 2.75) is 19.4 Å². The van der Waals surface area contributed by atoms with Gasteiger partial charge in [-0.25, -0.2) is 0 Å². The van der Waals surface area contributed by atoms with E-state index >= 15 is 0 Å². The van der Waals surface area contributed by atoms with E-state index in [2.05, 4.69) is 45.5 Å². The Morgan fingerprint density at radius 2 is 1.94 bits per heavy atom. The van der Waals surface area contributed by atoms with Crippen molar-refractivity contribution in [2.24, 2.45) is 21.7 Å². The summed E-state index contributed by atoms with van der Waals surface area (Å²) in [6, 6.07) is 0. The van der Waals surface area contributed by atoms with E-state index in [0.29, 0.717) is 5.71 Å². The van der Waals surface area contributed by atoms with Crippen LogP contribution in [0.25, 0.3) is 0 Å². The van der Waals surface area contributed by atoms with Crippen LogP contribution in [0.4, 0.5) is 0 Å². The molecule has 0 saturated carbocycles. The van der Waals surface area contributed by atoms with Crippen molar-refractivity contribution < 1.29 is 5.11 Å². The molecule has 0 amide bonds. The summed E-state index contributed by atoms with van der Waals surface area (Å²) in [5, 5.41) is 16.8. The Bertz CT molecular complexity index is 314. The minimum absolute atomic E-state index is 0.0267. The Labute approximate surface area is 104 Å². The molecular formula is C7H14N6OS2. The molecule has 90 valence electrons. The van der Waals surface area contributed by atoms with Crippen LogP contribution in [-0.4, -0.2) is 33.4 Å². The third kappa shape index (κ3) is 9.24. The molecule has 0 bridgehead atoms. The van der Waals surface area contributed by atoms with Crippen molar-refractivity contribution in [2.75, 3.05) is 0 Å². The van der Waals surface area contributed by atoms with E-state index in [9.17, 15) is 5.11 Å². The zero-order chi connectivity index (χ0) is 12.6. The van der Waals surface area contributed by atoms with Gasteiger partial charge >= 0.3 is 0 Å². The molecule has 0 heterocycles. The summed E-state index contributed by atoms with van der Waals surface area (Å²) >= 11 is 9.13. The van der Waals surface area contributed by atoms with Gasteiger partial charge in [0, 0.05) is 6.42 Å². The number of rotatable bonds is 5. The molecule has 0 spiro atoms. The molecule has 1 unspecified atom stereocenters. The molecule has 0 aliphatic carbocycles. The van der Waals surface area contributed by atoms with E-state index < -0.39 is 6.10 Å². The maximum Gasteiger partial charge on any atom is 0.184 e. The fraction of sp³-hybridized carbons (Fsp3) is 0.429. The number of aliphatic hydroxyl groups excluding tert-OH is 1. The van der Waals surface area contributed by atoms with Crippen LogP contribution in [0.5, 0.6) is 0 Å². The summed E-state index contributed by atoms with van der Waals surface area (Å²) in [5.74, 6) is 0. The maximum absolute atomic E-state index is 9.19. The van der Waals surface area contributed by atoms with E-state index in [0.717, 1.165) is 0 Å². The van der Waals surface area contributed by atoms with Crippen LogP contribution in [0.1, 0.15) is 13.3 Å². The van der Waals surface area contributed by atoms with Gasteiger partial charge in [-0.05, 0) is 31.4 Å². The molecule has 0 radical (unpaired) electrons. The fourth-order valence-electron chi connectivity index (χ4n) is 0.727. The van der Waals surface area contributed by atoms with Crippen LogP contribution in [0.3, 0.4) is 0 Å². The monoisotopic (exact) mass is 262 g/mol. The maximum atomic E-state index is 9.19. The highest BCUT2D eigenvalue weighted by molar-refractivity contribution is 7.80. The van der Waals surface area contributed by atoms with Gasteiger partial charge in [0.1, 0.15) is 0 Å². The molecule has 1 atom stereocenters. The van der Waals surface area contributed by atoms with Gasteiger partial charge in [-0.2, -0.15) is 10.2 Å². The lowest BCUT2D eigenvalue weighted by atomic mass is 10.2. The van der Waals surface area contributed by atoms with Crippen molar-refractivity contribution in [3.8, 4) is 0 Å². The third-order valence-electron chi connectivity index (χ3n) is 1.20. The molecule has 7 nitrogen and oxygen atoms in total. The van der Waals surface area contributed by atoms with E-state index in [1.165, 1.54) is 6.21 Å². The average molecular weight is 262 g/mol. The van der Waals surface area contributed by atoms with E-state index in [1.807, 2.05) is 0 Å². The minimum atomic E-state index is -0.567. The molecule has 16 heavy (non-hydrogen) atoms. The smallest absolute Gasteiger partial charge is 0.184 e. The number of hydrogen-bond donors (Lipinski definition) is 5. The highest BCUT2D eigenvalue weighted by Gasteiger charge is 2.02. The van der Waals surface area contributed by atoms with Crippen molar-refractivity contribution in [3.63, 3.8) is 0 Å². The topological polar surface area (TPSA) is 121 Å². The Kier molecular flexibility index (Phi) is 7.25. The fourth-order valence-corrected chi connectivity index (χ4v) is 0.826. The van der Waals surface area contributed by atoms with Crippen LogP contribution in [-0.2, 0) is 0 Å². The summed E-state index contributed by atoms with van der Waals surface area (Å²) in [7, 11) is 0. The lowest BCUT2D eigenvalue weighted by molar-refractivity contribution is 0.203. The predicted octanol–water partition coefficient (Wildman–Crippen LogP) is -1.23. The van der Waals surface area contributed by atoms with Gasteiger partial charge in [0.2, 0.25) is 0 Å². The summed E-state index contributed by atoms with van der Waals surface area (Å²) in [4.78, 5) is 0. The molecule has 0 aromatic rings. The Hall–Kier alpha value is -1.32. The van der Waals surface area contributed by atoms with Crippen LogP contribution in [0.2, 0.25) is 0 Å². The SMILES string of the molecule is CC(O)CC(C=NNC(N)=S)=NNC(N)=S. The molecule has 0 saturated heterocycles. The number of thiocarbonyl (C=S) groups is 2. The van der Waals surface area contributed by atoms with E-state index in [1.54, 1.807) is 6.92 Å². The number of nitrogens with two attached hydrogens (primary N) is 2. The van der Waals surface area contributed by atoms with Gasteiger partial charge in [0.05, 0.1) is 18.0 Å². The Balaban J connectivity index is 4.41. The molecule has 0 fully saturated rings. The molecule has 9 heteroatoms. The first-order valence-corrected chi connectivity index (χ1v) is 5.12. The Morgan fingerprint density at radius 1 is 1.38 bits per heavy atom. The highest BCUT2D eigenvalue weighted by atomic mass is 32.1. The molecule has 0 aromatic heterocycles. The number of nitrogens with zero attached hydrogens (tertiary/aromatic N) is 2. The second-order valence-corrected chi connectivity index (χ2v) is 3.75. The molecular weight excluding hydrogens is 248 g/mol. The lowest BCUT2D eigenvalue weighted by Gasteiger charge is -2.04. The lowest BCUT2D eigenvalue weighted by Crippen LogP contribution is -2.28. The van der Waals surface area contributed by atoms with Gasteiger partial charge in [-0.15, -0.1) is 0 Å². The Morgan fingerprint density at radius 3 is 2.38 bits per heavy atom. The molecule has 0 aromatic carbocycles. The van der Waals surface area contributed by atoms with Gasteiger partial charge in [-0.1, -0.05) is 0 Å². The van der Waals surface area contributed by atoms with Crippen LogP contribution in [0.15, 0.2) is 10.2 Å². The first kappa shape index (κ1) is 14.7. The van der Waals surface area contributed by atoms with Crippen molar-refractivity contribution in [1.82, 2.24) is 10.9 Å². The summed E-state index contributed by atoms with van der Waals surface area (Å²) < 4.78 is 0. The van der Waals surface area contributed by atoms with Crippen LogP contribution < -0.4 is 22.3 Å². The summed E-state index contributed by atoms with van der Waals surface area (Å²) in [5.41, 5.74) is 15.6. The second-order valence-electron chi connectivity index (χ2n) is 2.87. The zero-order valence-corrected chi connectivity index (χ0v) is 10.3. The normalized spacial score (nSPS) is 13.5. The van der Waals surface area contributed by atoms with Crippen molar-refractivity contribution in [3.05, 3.63) is 0 Å². The molecule has 0 aliphatic heterocycles. The third-order valence-corrected chi connectivity index (χ3v) is 1.39. The van der Waals surface area contributed by atoms with Gasteiger partial charge in [0.25, 0.3) is 0 Å². The predicted molar refractivity (Wildman–Crippen MR) is 72.1 cm³/mol. The standard InChI is InChI=1S/C7H14N6OS2/c1-4(14)2-5(11-13-7(9)16)3-10-12-6(8)15/h3-4,14H,2H2,1H3,(H3,8,12,15)(H3,9,13,16).